The first kappa shape index (κ1) is 26.6. The molecule has 2 heterocycles. The number of carbonyl (C=O) groups excluding carboxylic acids is 2. The number of ketones is 2. The minimum atomic E-state index is -3.87. The number of carbonyl (C=O) groups is 2. The van der Waals surface area contributed by atoms with Crippen molar-refractivity contribution in [1.82, 2.24) is 0 Å². The molecule has 0 N–H and O–H groups in total. The third-order valence-corrected chi connectivity index (χ3v) is 10.8. The van der Waals surface area contributed by atoms with E-state index in [2.05, 4.69) is 0 Å². The second-order valence-electron chi connectivity index (χ2n) is 9.60. The van der Waals surface area contributed by atoms with Gasteiger partial charge in [0.25, 0.3) is 0 Å². The number of benzene rings is 4. The van der Waals surface area contributed by atoms with Gasteiger partial charge in [-0.05, 0) is 78.7 Å². The number of fused-ring (bicyclic) bond motifs is 2. The van der Waals surface area contributed by atoms with Crippen LogP contribution in [0.25, 0.3) is 12.2 Å². The van der Waals surface area contributed by atoms with Crippen LogP contribution in [0.3, 0.4) is 0 Å². The number of Topliss-reactive ketones (excluding diaryl/α,β-unsaturated/α-hetero) is 2. The maximum absolute atomic E-state index is 12.9. The Morgan fingerprint density at radius 1 is 0.561 bits per heavy atom. The number of nitrogens with zero attached hydrogens (tertiary/aromatic N) is 1. The van der Waals surface area contributed by atoms with E-state index in [0.717, 1.165) is 11.4 Å². The van der Waals surface area contributed by atoms with Crippen LogP contribution in [0.5, 0.6) is 0 Å². The van der Waals surface area contributed by atoms with Gasteiger partial charge in [-0.1, -0.05) is 48.5 Å². The molecule has 7 nitrogen and oxygen atoms in total. The first-order valence-electron chi connectivity index (χ1n) is 12.8. The Balaban J connectivity index is 1.25. The standard InChI is InChI=1S/C32H23NO6S2/c1-2-33(23-15-11-21(12-16-23)19-29-31(34)25-7-3-5-9-27(25)40(29,36)37)24-17-13-22(14-18-24)20-30-32(35)26-8-4-6-10-28(26)41(30,38)39/h3-20H,2H2,1H3. The number of hydrogen-bond acceptors (Lipinski definition) is 7. The lowest BCUT2D eigenvalue weighted by Gasteiger charge is -2.23. The molecule has 0 saturated carbocycles. The Labute approximate surface area is 237 Å². The van der Waals surface area contributed by atoms with Crippen LogP contribution in [0.4, 0.5) is 11.4 Å². The van der Waals surface area contributed by atoms with E-state index in [-0.39, 0.29) is 30.7 Å². The van der Waals surface area contributed by atoms with E-state index in [9.17, 15) is 26.4 Å². The molecule has 2 aliphatic heterocycles. The van der Waals surface area contributed by atoms with Crippen LogP contribution in [0.15, 0.2) is 117 Å². The molecule has 41 heavy (non-hydrogen) atoms. The second kappa shape index (κ2) is 9.79. The van der Waals surface area contributed by atoms with Crippen LogP contribution in [-0.2, 0) is 19.7 Å². The lowest BCUT2D eigenvalue weighted by molar-refractivity contribution is 0.103. The third kappa shape index (κ3) is 4.34. The van der Waals surface area contributed by atoms with Crippen molar-refractivity contribution in [3.63, 3.8) is 0 Å². The van der Waals surface area contributed by atoms with E-state index in [4.69, 9.17) is 0 Å². The lowest BCUT2D eigenvalue weighted by Crippen LogP contribution is -2.15. The van der Waals surface area contributed by atoms with Crippen molar-refractivity contribution < 1.29 is 26.4 Å². The average molecular weight is 582 g/mol. The summed E-state index contributed by atoms with van der Waals surface area (Å²) in [5.74, 6) is -1.02. The van der Waals surface area contributed by atoms with Crippen LogP contribution in [0, 0.1) is 0 Å². The van der Waals surface area contributed by atoms with Crippen molar-refractivity contribution in [1.29, 1.82) is 0 Å². The highest BCUT2D eigenvalue weighted by Crippen LogP contribution is 2.37. The molecule has 4 aromatic carbocycles. The summed E-state index contributed by atoms with van der Waals surface area (Å²) in [7, 11) is -7.74. The number of anilines is 2. The highest BCUT2D eigenvalue weighted by molar-refractivity contribution is 7.97. The normalized spacial score (nSPS) is 18.5. The molecule has 0 spiro atoms. The fourth-order valence-corrected chi connectivity index (χ4v) is 8.31. The molecule has 0 bridgehead atoms. The van der Waals surface area contributed by atoms with E-state index in [0.29, 0.717) is 17.7 Å². The van der Waals surface area contributed by atoms with Crippen LogP contribution in [-0.4, -0.2) is 34.9 Å². The molecule has 0 aliphatic carbocycles. The fraction of sp³-hybridized carbons (Fsp3) is 0.0625. The van der Waals surface area contributed by atoms with Crippen LogP contribution >= 0.6 is 0 Å². The van der Waals surface area contributed by atoms with Gasteiger partial charge >= 0.3 is 0 Å². The van der Waals surface area contributed by atoms with E-state index in [1.54, 1.807) is 48.5 Å². The van der Waals surface area contributed by atoms with Gasteiger partial charge in [-0.15, -0.1) is 0 Å². The number of allylic oxidation sites excluding steroid dienone is 2. The number of hydrogen-bond donors (Lipinski definition) is 0. The first-order chi connectivity index (χ1) is 19.6. The summed E-state index contributed by atoms with van der Waals surface area (Å²) < 4.78 is 51.6. The van der Waals surface area contributed by atoms with Gasteiger partial charge in [0, 0.05) is 29.0 Å². The molecule has 0 atom stereocenters. The van der Waals surface area contributed by atoms with Crippen molar-refractivity contribution >= 4 is 54.8 Å². The van der Waals surface area contributed by atoms with Crippen LogP contribution in [0.2, 0.25) is 0 Å². The molecule has 0 radical (unpaired) electrons. The van der Waals surface area contributed by atoms with Gasteiger partial charge in [0.2, 0.25) is 31.2 Å². The Hall–Kier alpha value is -4.60. The number of sulfone groups is 2. The number of rotatable bonds is 5. The summed E-state index contributed by atoms with van der Waals surface area (Å²) in [4.78, 5) is 27.1. The SMILES string of the molecule is CCN(c1ccc(C=C2C(=O)c3ccccc3S2(=O)=O)cc1)c1ccc(C=C2C(=O)c3ccccc3S2(=O)=O)cc1. The molecule has 9 heteroatoms. The lowest BCUT2D eigenvalue weighted by atomic mass is 10.1. The van der Waals surface area contributed by atoms with Gasteiger partial charge in [-0.25, -0.2) is 16.8 Å². The van der Waals surface area contributed by atoms with Crippen molar-refractivity contribution in [3.05, 3.63) is 129 Å². The van der Waals surface area contributed by atoms with Crippen LogP contribution < -0.4 is 4.90 Å². The molecule has 2 aliphatic rings. The van der Waals surface area contributed by atoms with Crippen molar-refractivity contribution in [2.45, 2.75) is 16.7 Å². The largest absolute Gasteiger partial charge is 0.342 e. The summed E-state index contributed by atoms with van der Waals surface area (Å²) in [5.41, 5.74) is 3.21. The maximum Gasteiger partial charge on any atom is 0.211 e. The molecule has 0 aromatic heterocycles. The van der Waals surface area contributed by atoms with Crippen molar-refractivity contribution in [2.75, 3.05) is 11.4 Å². The average Bonchev–Trinajstić information content (AvgIpc) is 3.29. The zero-order chi connectivity index (χ0) is 28.9. The summed E-state index contributed by atoms with van der Waals surface area (Å²) >= 11 is 0. The Kier molecular flexibility index (Phi) is 6.36. The zero-order valence-corrected chi connectivity index (χ0v) is 23.4. The molecular weight excluding hydrogens is 558 g/mol. The molecule has 6 rings (SSSR count). The monoisotopic (exact) mass is 581 g/mol. The van der Waals surface area contributed by atoms with E-state index >= 15 is 0 Å². The predicted molar refractivity (Wildman–Crippen MR) is 157 cm³/mol. The molecule has 0 unspecified atom stereocenters. The summed E-state index contributed by atoms with van der Waals surface area (Å²) in [6.07, 6.45) is 2.80. The van der Waals surface area contributed by atoms with E-state index in [1.807, 2.05) is 36.1 Å². The topological polar surface area (TPSA) is 106 Å². The van der Waals surface area contributed by atoms with Gasteiger partial charge in [-0.3, -0.25) is 9.59 Å². The van der Waals surface area contributed by atoms with E-state index in [1.165, 1.54) is 36.4 Å². The van der Waals surface area contributed by atoms with Gasteiger partial charge in [-0.2, -0.15) is 0 Å². The van der Waals surface area contributed by atoms with Crippen molar-refractivity contribution in [2.24, 2.45) is 0 Å². The van der Waals surface area contributed by atoms with Gasteiger partial charge in [0.1, 0.15) is 9.81 Å². The van der Waals surface area contributed by atoms with E-state index < -0.39 is 31.2 Å². The predicted octanol–water partition coefficient (Wildman–Crippen LogP) is 5.87. The molecule has 0 fully saturated rings. The second-order valence-corrected chi connectivity index (χ2v) is 13.4. The molecular formula is C32H23NO6S2. The summed E-state index contributed by atoms with van der Waals surface area (Å²) in [6, 6.07) is 26.8. The van der Waals surface area contributed by atoms with Gasteiger partial charge in [0.15, 0.2) is 0 Å². The Morgan fingerprint density at radius 2 is 0.927 bits per heavy atom. The summed E-state index contributed by atoms with van der Waals surface area (Å²) in [6.45, 7) is 2.60. The maximum atomic E-state index is 12.9. The minimum Gasteiger partial charge on any atom is -0.342 e. The highest BCUT2D eigenvalue weighted by atomic mass is 32.2. The zero-order valence-electron chi connectivity index (χ0n) is 21.8. The third-order valence-electron chi connectivity index (χ3n) is 7.19. The van der Waals surface area contributed by atoms with Gasteiger partial charge < -0.3 is 4.90 Å². The molecule has 4 aromatic rings. The summed E-state index contributed by atoms with van der Waals surface area (Å²) in [5, 5.41) is 0. The first-order valence-corrected chi connectivity index (χ1v) is 15.8. The van der Waals surface area contributed by atoms with Gasteiger partial charge in [0.05, 0.1) is 9.79 Å². The smallest absolute Gasteiger partial charge is 0.211 e. The Bertz CT molecular complexity index is 1880. The Morgan fingerprint density at radius 3 is 1.27 bits per heavy atom. The van der Waals surface area contributed by atoms with Crippen molar-refractivity contribution in [3.8, 4) is 0 Å². The quantitative estimate of drug-likeness (QED) is 0.272. The minimum absolute atomic E-state index is 0.0311. The molecule has 204 valence electrons. The molecule has 0 saturated heterocycles. The fourth-order valence-electron chi connectivity index (χ4n) is 5.13. The molecule has 0 amide bonds. The highest BCUT2D eigenvalue weighted by Gasteiger charge is 2.39. The van der Waals surface area contributed by atoms with Crippen LogP contribution in [0.1, 0.15) is 38.8 Å².